The van der Waals surface area contributed by atoms with Crippen molar-refractivity contribution in [2.45, 2.75) is 94.2 Å². The summed E-state index contributed by atoms with van der Waals surface area (Å²) in [4.78, 5) is 35.8. The van der Waals surface area contributed by atoms with E-state index >= 15 is 4.39 Å². The molecule has 52 heavy (non-hydrogen) atoms. The van der Waals surface area contributed by atoms with Gasteiger partial charge in [-0.05, 0) is 76.5 Å². The lowest BCUT2D eigenvalue weighted by atomic mass is 9.79. The minimum Gasteiger partial charge on any atom is -0.444 e. The van der Waals surface area contributed by atoms with Crippen LogP contribution in [0.5, 0.6) is 0 Å². The Bertz CT molecular complexity index is 2190. The maximum absolute atomic E-state index is 17.3. The maximum atomic E-state index is 17.3. The van der Waals surface area contributed by atoms with Crippen molar-refractivity contribution in [2.24, 2.45) is 11.8 Å². The summed E-state index contributed by atoms with van der Waals surface area (Å²) in [5, 5.41) is 23.1. The van der Waals surface area contributed by atoms with Gasteiger partial charge < -0.3 is 24.2 Å². The number of aliphatic hydroxyl groups excluding tert-OH is 1. The van der Waals surface area contributed by atoms with E-state index in [0.717, 1.165) is 35.9 Å². The van der Waals surface area contributed by atoms with E-state index in [4.69, 9.17) is 32.9 Å². The molecule has 4 aromatic rings. The molecule has 5 aliphatic rings. The monoisotopic (exact) mass is 763 g/mol. The number of pyridine rings is 1. The second kappa shape index (κ2) is 13.1. The SMILES string of the molecule is CSc1nc2c(F)c(-c3cccc(Cl)c3Cl)c(CCC#N)cc2c2c1cc([C@H]1C[C@H](O)CN1C(=O)C1CC1)n2[C@H]1[C@@H]2C[C@H]1N(C(=O)OC(C)(C)C)C2. The summed E-state index contributed by atoms with van der Waals surface area (Å²) in [6, 6.07) is 10.5. The maximum Gasteiger partial charge on any atom is 0.410 e. The molecule has 9 rings (SSSR count). The minimum atomic E-state index is -0.689. The zero-order valence-corrected chi connectivity index (χ0v) is 31.8. The van der Waals surface area contributed by atoms with Gasteiger partial charge in [-0.25, -0.2) is 14.2 Å². The highest BCUT2D eigenvalue weighted by atomic mass is 35.5. The average Bonchev–Trinajstić information content (AvgIpc) is 3.38. The Morgan fingerprint density at radius 3 is 2.60 bits per heavy atom. The van der Waals surface area contributed by atoms with Gasteiger partial charge in [-0.1, -0.05) is 35.3 Å². The van der Waals surface area contributed by atoms with Gasteiger partial charge in [-0.15, -0.1) is 11.8 Å². The van der Waals surface area contributed by atoms with Crippen LogP contribution in [-0.4, -0.2) is 73.5 Å². The summed E-state index contributed by atoms with van der Waals surface area (Å²) in [6.07, 6.45) is 4.10. The number of benzene rings is 2. The Morgan fingerprint density at radius 1 is 1.13 bits per heavy atom. The fraction of sp³-hybridized carbons (Fsp3) is 0.487. The number of fused-ring (bicyclic) bond motifs is 4. The number of thioether (sulfide) groups is 1. The lowest BCUT2D eigenvalue weighted by Gasteiger charge is -2.40. The van der Waals surface area contributed by atoms with Crippen LogP contribution in [0, 0.1) is 29.0 Å². The third-order valence-corrected chi connectivity index (χ3v) is 12.5. The van der Waals surface area contributed by atoms with E-state index in [1.54, 1.807) is 18.2 Å². The van der Waals surface area contributed by atoms with E-state index in [0.29, 0.717) is 34.5 Å². The van der Waals surface area contributed by atoms with Crippen LogP contribution in [-0.2, 0) is 16.0 Å². The van der Waals surface area contributed by atoms with Crippen molar-refractivity contribution < 1.29 is 23.8 Å². The van der Waals surface area contributed by atoms with Gasteiger partial charge in [-0.2, -0.15) is 5.26 Å². The number of aliphatic hydroxyl groups is 1. The topological polar surface area (TPSA) is 112 Å². The smallest absolute Gasteiger partial charge is 0.410 e. The number of hydrogen-bond acceptors (Lipinski definition) is 7. The second-order valence-corrected chi connectivity index (χ2v) is 17.1. The van der Waals surface area contributed by atoms with E-state index in [2.05, 4.69) is 16.7 Å². The summed E-state index contributed by atoms with van der Waals surface area (Å²) in [6.45, 7) is 6.31. The van der Waals surface area contributed by atoms with Gasteiger partial charge in [0.05, 0.1) is 45.9 Å². The molecule has 13 heteroatoms. The molecule has 1 N–H and O–H groups in total. The van der Waals surface area contributed by atoms with Crippen LogP contribution in [0.25, 0.3) is 32.9 Å². The molecule has 2 amide bonds. The lowest BCUT2D eigenvalue weighted by Crippen LogP contribution is -2.45. The van der Waals surface area contributed by atoms with Crippen molar-refractivity contribution in [3.8, 4) is 17.2 Å². The molecule has 0 radical (unpaired) electrons. The van der Waals surface area contributed by atoms with Gasteiger partial charge >= 0.3 is 6.09 Å². The van der Waals surface area contributed by atoms with Crippen LogP contribution in [0.2, 0.25) is 10.0 Å². The molecule has 5 fully saturated rings. The number of likely N-dealkylation sites (tertiary alicyclic amines) is 1. The standard InChI is InChI=1S/C39H40Cl2FN5O4S/c1-39(2,3)51-38(50)46-17-21-14-29(46)34(21)47-28(27-15-22(48)18-45(27)37(49)19-10-11-19)16-25-35(47)24-13-20(7-6-12-43)30(23-8-5-9-26(40)31(23)41)32(42)33(24)44-36(25)52-4/h5,8-9,13,16,19,21-22,27,29,34,48H,6-7,10-11,14-15,17-18H2,1-4H3/t21-,22+,27-,29-,34+/m1/s1. The molecule has 2 aliphatic carbocycles. The number of ether oxygens (including phenoxy) is 1. The Labute approximate surface area is 316 Å². The highest BCUT2D eigenvalue weighted by Gasteiger charge is 2.57. The first kappa shape index (κ1) is 35.5. The van der Waals surface area contributed by atoms with Gasteiger partial charge in [0.2, 0.25) is 5.91 Å². The van der Waals surface area contributed by atoms with Crippen LogP contribution in [0.15, 0.2) is 35.4 Å². The molecule has 0 unspecified atom stereocenters. The van der Waals surface area contributed by atoms with Crippen molar-refractivity contribution in [2.75, 3.05) is 19.3 Å². The summed E-state index contributed by atoms with van der Waals surface area (Å²) >= 11 is 14.5. The molecule has 3 saturated heterocycles. The van der Waals surface area contributed by atoms with Gasteiger partial charge in [0.15, 0.2) is 5.82 Å². The summed E-state index contributed by atoms with van der Waals surface area (Å²) in [5.74, 6) is -0.453. The fourth-order valence-electron chi connectivity index (χ4n) is 8.64. The Kier molecular flexibility index (Phi) is 8.92. The number of nitrogens with zero attached hydrogens (tertiary/aromatic N) is 5. The van der Waals surface area contributed by atoms with Crippen molar-refractivity contribution in [3.63, 3.8) is 0 Å². The van der Waals surface area contributed by atoms with Crippen molar-refractivity contribution >= 4 is 68.8 Å². The van der Waals surface area contributed by atoms with Crippen molar-refractivity contribution in [3.05, 3.63) is 57.5 Å². The Balaban J connectivity index is 1.40. The number of β-amino-alcohol motifs (C(OH)–C–C–N with tert-alkyl or cyclic N) is 1. The van der Waals surface area contributed by atoms with E-state index in [9.17, 15) is 20.0 Å². The third kappa shape index (κ3) is 5.81. The number of hydrogen-bond donors (Lipinski definition) is 1. The second-order valence-electron chi connectivity index (χ2n) is 15.6. The molecule has 0 spiro atoms. The quantitative estimate of drug-likeness (QED) is 0.188. The minimum absolute atomic E-state index is 0.0362. The molecule has 272 valence electrons. The van der Waals surface area contributed by atoms with Gasteiger partial charge in [0.25, 0.3) is 0 Å². The molecule has 9 nitrogen and oxygen atoms in total. The Hall–Kier alpha value is -3.56. The third-order valence-electron chi connectivity index (χ3n) is 11.0. The largest absolute Gasteiger partial charge is 0.444 e. The number of carbonyl (C=O) groups is 2. The molecule has 5 atom stereocenters. The zero-order chi connectivity index (χ0) is 36.8. The predicted octanol–water partition coefficient (Wildman–Crippen LogP) is 8.71. The number of aryl methyl sites for hydroxylation is 1. The molecule has 2 aromatic heterocycles. The van der Waals surface area contributed by atoms with Crippen LogP contribution in [0.4, 0.5) is 9.18 Å². The lowest BCUT2D eigenvalue weighted by molar-refractivity contribution is -0.133. The van der Waals surface area contributed by atoms with Gasteiger partial charge in [0, 0.05) is 65.4 Å². The fourth-order valence-corrected chi connectivity index (χ4v) is 9.59. The van der Waals surface area contributed by atoms with E-state index in [1.807, 2.05) is 42.9 Å². The molecule has 2 bridgehead atoms. The van der Waals surface area contributed by atoms with Gasteiger partial charge in [0.1, 0.15) is 16.1 Å². The van der Waals surface area contributed by atoms with Crippen molar-refractivity contribution in [1.82, 2.24) is 19.4 Å². The number of amides is 2. The summed E-state index contributed by atoms with van der Waals surface area (Å²) < 4.78 is 25.4. The van der Waals surface area contributed by atoms with E-state index < -0.39 is 23.6 Å². The Morgan fingerprint density at radius 2 is 1.90 bits per heavy atom. The predicted molar refractivity (Wildman–Crippen MR) is 200 cm³/mol. The van der Waals surface area contributed by atoms with E-state index in [1.165, 1.54) is 11.8 Å². The van der Waals surface area contributed by atoms with Crippen molar-refractivity contribution in [1.29, 1.82) is 5.26 Å². The number of aromatic nitrogens is 2. The first-order valence-corrected chi connectivity index (χ1v) is 19.8. The number of rotatable bonds is 7. The molecule has 2 saturated carbocycles. The molecular formula is C39H40Cl2FN5O4S. The van der Waals surface area contributed by atoms with Crippen LogP contribution in [0.3, 0.4) is 0 Å². The molecule has 2 aromatic carbocycles. The van der Waals surface area contributed by atoms with Crippen LogP contribution < -0.4 is 0 Å². The first-order chi connectivity index (χ1) is 24.8. The first-order valence-electron chi connectivity index (χ1n) is 17.8. The van der Waals surface area contributed by atoms with Gasteiger partial charge in [-0.3, -0.25) is 4.79 Å². The van der Waals surface area contributed by atoms with Crippen LogP contribution in [0.1, 0.15) is 76.2 Å². The zero-order valence-electron chi connectivity index (χ0n) is 29.5. The average molecular weight is 765 g/mol. The van der Waals surface area contributed by atoms with Crippen LogP contribution >= 0.6 is 35.0 Å². The highest BCUT2D eigenvalue weighted by molar-refractivity contribution is 7.98. The summed E-state index contributed by atoms with van der Waals surface area (Å²) in [5.41, 5.74) is 2.37. The molecule has 3 aliphatic heterocycles. The normalized spacial score (nSPS) is 24.1. The molecular weight excluding hydrogens is 724 g/mol. The van der Waals surface area contributed by atoms with E-state index in [-0.39, 0.29) is 76.4 Å². The molecule has 5 heterocycles. The number of carbonyl (C=O) groups excluding carboxylic acids is 2. The summed E-state index contributed by atoms with van der Waals surface area (Å²) in [7, 11) is 0. The number of nitriles is 1. The highest BCUT2D eigenvalue weighted by Crippen LogP contribution is 2.55. The number of halogens is 3.